The van der Waals surface area contributed by atoms with Crippen LogP contribution in [0, 0.1) is 5.41 Å². The summed E-state index contributed by atoms with van der Waals surface area (Å²) in [5.41, 5.74) is 5.84. The number of rotatable bonds is 12. The quantitative estimate of drug-likeness (QED) is 0.247. The van der Waals surface area contributed by atoms with Gasteiger partial charge in [0, 0.05) is 11.0 Å². The molecule has 1 nitrogen and oxygen atoms in total. The second-order valence-electron chi connectivity index (χ2n) is 10.3. The minimum atomic E-state index is 0. The molecule has 0 saturated heterocycles. The van der Waals surface area contributed by atoms with E-state index in [0.717, 1.165) is 49.9 Å². The zero-order valence-electron chi connectivity index (χ0n) is 21.8. The fraction of sp³-hybridized carbons (Fsp3) is 0.294. The maximum absolute atomic E-state index is 2.38. The molecule has 0 aliphatic carbocycles. The summed E-state index contributed by atoms with van der Waals surface area (Å²) in [6, 6.07) is 44.5. The molecule has 0 unspecified atom stereocenters. The van der Waals surface area contributed by atoms with Crippen LogP contribution in [-0.2, 0) is 25.8 Å². The lowest BCUT2D eigenvalue weighted by molar-refractivity contribution is -0.943. The number of hydrogen-bond acceptors (Lipinski definition) is 0. The van der Waals surface area contributed by atoms with Crippen molar-refractivity contribution in [2.75, 3.05) is 19.6 Å². The SMILES string of the molecule is CC[N+](CC)(Cc1ccccc1)CC(Cc1ccccc1)(Cc1ccccc1)Cc1ccccc1.[Cl-]. The second kappa shape index (κ2) is 13.4. The minimum Gasteiger partial charge on any atom is -1.00 e. The standard InChI is InChI=1S/C34H40N.ClH/c1-3-35(4-2,28-33-23-15-8-16-24-33)29-34(25-30-17-9-5-10-18-30,26-31-19-11-6-12-20-31)27-32-21-13-7-14-22-32;/h5-24H,3-4,25-29H2,1-2H3;1H/q+1;/p-1. The molecule has 36 heavy (non-hydrogen) atoms. The van der Waals surface area contributed by atoms with Crippen molar-refractivity contribution in [3.8, 4) is 0 Å². The molecule has 0 radical (unpaired) electrons. The Kier molecular flexibility index (Phi) is 10.3. The number of halogens is 1. The topological polar surface area (TPSA) is 0 Å². The summed E-state index contributed by atoms with van der Waals surface area (Å²) in [6.45, 7) is 9.24. The van der Waals surface area contributed by atoms with Crippen LogP contribution >= 0.6 is 0 Å². The molecule has 0 N–H and O–H groups in total. The molecule has 0 saturated carbocycles. The lowest BCUT2D eigenvalue weighted by Crippen LogP contribution is -3.00. The second-order valence-corrected chi connectivity index (χ2v) is 10.3. The first kappa shape index (κ1) is 27.7. The summed E-state index contributed by atoms with van der Waals surface area (Å²) < 4.78 is 1.09. The Hall–Kier alpha value is -2.87. The van der Waals surface area contributed by atoms with Crippen molar-refractivity contribution < 1.29 is 16.9 Å². The predicted octanol–water partition coefficient (Wildman–Crippen LogP) is 4.76. The summed E-state index contributed by atoms with van der Waals surface area (Å²) in [5, 5.41) is 0. The van der Waals surface area contributed by atoms with Gasteiger partial charge in [0.2, 0.25) is 0 Å². The Morgan fingerprint density at radius 3 is 1.08 bits per heavy atom. The van der Waals surface area contributed by atoms with E-state index in [1.807, 2.05) is 0 Å². The lowest BCUT2D eigenvalue weighted by Gasteiger charge is -2.46. The highest BCUT2D eigenvalue weighted by Gasteiger charge is 2.40. The van der Waals surface area contributed by atoms with Crippen molar-refractivity contribution in [3.05, 3.63) is 144 Å². The normalized spacial score (nSPS) is 11.6. The molecule has 0 heterocycles. The van der Waals surface area contributed by atoms with E-state index in [1.54, 1.807) is 0 Å². The number of nitrogens with zero attached hydrogens (tertiary/aromatic N) is 1. The van der Waals surface area contributed by atoms with Gasteiger partial charge in [-0.1, -0.05) is 121 Å². The van der Waals surface area contributed by atoms with Gasteiger partial charge in [-0.15, -0.1) is 0 Å². The van der Waals surface area contributed by atoms with E-state index in [4.69, 9.17) is 0 Å². The Labute approximate surface area is 224 Å². The van der Waals surface area contributed by atoms with E-state index in [0.29, 0.717) is 0 Å². The van der Waals surface area contributed by atoms with Crippen molar-refractivity contribution in [2.24, 2.45) is 5.41 Å². The Morgan fingerprint density at radius 2 is 0.778 bits per heavy atom. The van der Waals surface area contributed by atoms with Crippen molar-refractivity contribution in [2.45, 2.75) is 39.7 Å². The summed E-state index contributed by atoms with van der Waals surface area (Å²) in [6.07, 6.45) is 3.23. The first-order valence-electron chi connectivity index (χ1n) is 13.2. The first-order chi connectivity index (χ1) is 17.1. The molecular weight excluding hydrogens is 458 g/mol. The molecule has 0 aromatic heterocycles. The molecule has 0 spiro atoms. The number of benzene rings is 4. The minimum absolute atomic E-state index is 0. The average molecular weight is 498 g/mol. The Morgan fingerprint density at radius 1 is 0.472 bits per heavy atom. The molecule has 0 atom stereocenters. The van der Waals surface area contributed by atoms with E-state index in [1.165, 1.54) is 22.3 Å². The van der Waals surface area contributed by atoms with E-state index in [2.05, 4.69) is 135 Å². The molecule has 0 aliphatic heterocycles. The Bertz CT molecular complexity index is 1020. The van der Waals surface area contributed by atoms with Gasteiger partial charge < -0.3 is 16.9 Å². The highest BCUT2D eigenvalue weighted by atomic mass is 35.5. The fourth-order valence-corrected chi connectivity index (χ4v) is 5.85. The zero-order valence-corrected chi connectivity index (χ0v) is 22.6. The monoisotopic (exact) mass is 497 g/mol. The average Bonchev–Trinajstić information content (AvgIpc) is 2.90. The van der Waals surface area contributed by atoms with Crippen molar-refractivity contribution in [3.63, 3.8) is 0 Å². The van der Waals surface area contributed by atoms with Gasteiger partial charge in [0.15, 0.2) is 0 Å². The van der Waals surface area contributed by atoms with E-state index >= 15 is 0 Å². The van der Waals surface area contributed by atoms with Gasteiger partial charge in [0.25, 0.3) is 0 Å². The maximum Gasteiger partial charge on any atom is 0.104 e. The lowest BCUT2D eigenvalue weighted by atomic mass is 9.71. The fourth-order valence-electron chi connectivity index (χ4n) is 5.85. The van der Waals surface area contributed by atoms with Crippen molar-refractivity contribution >= 4 is 0 Å². The number of quaternary nitrogens is 1. The third kappa shape index (κ3) is 7.56. The van der Waals surface area contributed by atoms with Crippen molar-refractivity contribution in [1.82, 2.24) is 0 Å². The summed E-state index contributed by atoms with van der Waals surface area (Å²) in [4.78, 5) is 0. The molecule has 0 fully saturated rings. The summed E-state index contributed by atoms with van der Waals surface area (Å²) in [5.74, 6) is 0. The van der Waals surface area contributed by atoms with Crippen LogP contribution in [0.5, 0.6) is 0 Å². The highest BCUT2D eigenvalue weighted by molar-refractivity contribution is 5.25. The van der Waals surface area contributed by atoms with Gasteiger partial charge in [-0.25, -0.2) is 0 Å². The molecule has 4 aromatic carbocycles. The number of hydrogen-bond donors (Lipinski definition) is 0. The largest absolute Gasteiger partial charge is 1.00 e. The first-order valence-corrected chi connectivity index (χ1v) is 13.2. The van der Waals surface area contributed by atoms with Gasteiger partial charge in [-0.05, 0) is 49.8 Å². The molecular formula is C34H40ClN. The Balaban J connectivity index is 0.00000361. The van der Waals surface area contributed by atoms with Crippen LogP contribution in [0.1, 0.15) is 36.1 Å². The van der Waals surface area contributed by atoms with Gasteiger partial charge in [-0.3, -0.25) is 0 Å². The highest BCUT2D eigenvalue weighted by Crippen LogP contribution is 2.36. The summed E-state index contributed by atoms with van der Waals surface area (Å²) >= 11 is 0. The summed E-state index contributed by atoms with van der Waals surface area (Å²) in [7, 11) is 0. The molecule has 0 aliphatic rings. The van der Waals surface area contributed by atoms with Crippen LogP contribution in [0.2, 0.25) is 0 Å². The maximum atomic E-state index is 2.38. The molecule has 4 rings (SSSR count). The van der Waals surface area contributed by atoms with E-state index in [9.17, 15) is 0 Å². The molecule has 2 heteroatoms. The van der Waals surface area contributed by atoms with Crippen LogP contribution in [0.4, 0.5) is 0 Å². The van der Waals surface area contributed by atoms with E-state index in [-0.39, 0.29) is 17.8 Å². The van der Waals surface area contributed by atoms with Crippen LogP contribution in [0.25, 0.3) is 0 Å². The van der Waals surface area contributed by atoms with Gasteiger partial charge >= 0.3 is 0 Å². The van der Waals surface area contributed by atoms with Crippen LogP contribution in [-0.4, -0.2) is 24.1 Å². The zero-order chi connectivity index (χ0) is 24.4. The molecule has 0 bridgehead atoms. The van der Waals surface area contributed by atoms with Gasteiger partial charge in [0.1, 0.15) is 6.54 Å². The van der Waals surface area contributed by atoms with Crippen LogP contribution < -0.4 is 12.4 Å². The van der Waals surface area contributed by atoms with Gasteiger partial charge in [0.05, 0.1) is 19.6 Å². The third-order valence-corrected chi connectivity index (χ3v) is 7.64. The predicted molar refractivity (Wildman–Crippen MR) is 149 cm³/mol. The van der Waals surface area contributed by atoms with Crippen LogP contribution in [0.15, 0.2) is 121 Å². The smallest absolute Gasteiger partial charge is 0.104 e. The molecule has 0 amide bonds. The molecule has 188 valence electrons. The molecule has 4 aromatic rings. The van der Waals surface area contributed by atoms with E-state index < -0.39 is 0 Å². The van der Waals surface area contributed by atoms with Gasteiger partial charge in [-0.2, -0.15) is 0 Å². The van der Waals surface area contributed by atoms with Crippen LogP contribution in [0.3, 0.4) is 0 Å². The third-order valence-electron chi connectivity index (χ3n) is 7.64. The van der Waals surface area contributed by atoms with Crippen molar-refractivity contribution in [1.29, 1.82) is 0 Å².